The van der Waals surface area contributed by atoms with E-state index in [4.69, 9.17) is 14.2 Å². The molecule has 168 valence electrons. The minimum atomic E-state index is -0.227. The second-order valence-electron chi connectivity index (χ2n) is 7.39. The molecule has 0 heterocycles. The second-order valence-corrected chi connectivity index (χ2v) is 7.39. The molecule has 0 bridgehead atoms. The molecule has 1 rings (SSSR count). The number of hydrogen-bond acceptors (Lipinski definition) is 5. The highest BCUT2D eigenvalue weighted by Crippen LogP contribution is 2.40. The lowest BCUT2D eigenvalue weighted by molar-refractivity contribution is -0.120. The third-order valence-corrected chi connectivity index (χ3v) is 4.42. The fourth-order valence-electron chi connectivity index (χ4n) is 2.88. The predicted octanol–water partition coefficient (Wildman–Crippen LogP) is 6.17. The van der Waals surface area contributed by atoms with Crippen LogP contribution in [0, 0.1) is 0 Å². The molecule has 0 radical (unpaired) electrons. The Morgan fingerprint density at radius 3 is 1.80 bits per heavy atom. The summed E-state index contributed by atoms with van der Waals surface area (Å²) in [7, 11) is 0. The largest absolute Gasteiger partial charge is 0.490 e. The van der Waals surface area contributed by atoms with Crippen LogP contribution in [-0.2, 0) is 9.59 Å². The van der Waals surface area contributed by atoms with Crippen molar-refractivity contribution >= 4 is 17.6 Å². The number of hydrogen-bond donors (Lipinski definition) is 0. The normalized spacial score (nSPS) is 11.3. The zero-order valence-electron chi connectivity index (χ0n) is 19.3. The molecule has 0 aliphatic heterocycles. The molecule has 0 amide bonds. The highest BCUT2D eigenvalue weighted by molar-refractivity contribution is 6.22. The van der Waals surface area contributed by atoms with Crippen molar-refractivity contribution < 1.29 is 23.8 Å². The van der Waals surface area contributed by atoms with Gasteiger partial charge in [-0.3, -0.25) is 9.59 Å². The van der Waals surface area contributed by atoms with E-state index in [2.05, 4.69) is 6.92 Å². The molecule has 0 atom stereocenters. The molecule has 0 saturated heterocycles. The van der Waals surface area contributed by atoms with E-state index in [9.17, 15) is 9.59 Å². The Morgan fingerprint density at radius 1 is 0.800 bits per heavy atom. The highest BCUT2D eigenvalue weighted by atomic mass is 16.5. The van der Waals surface area contributed by atoms with E-state index in [1.807, 2.05) is 32.9 Å². The van der Waals surface area contributed by atoms with Crippen molar-refractivity contribution in [3.8, 4) is 17.2 Å². The molecule has 0 fully saturated rings. The lowest BCUT2D eigenvalue weighted by Gasteiger charge is -2.18. The van der Waals surface area contributed by atoms with Crippen LogP contribution in [0.5, 0.6) is 17.2 Å². The molecule has 0 saturated carbocycles. The number of allylic oxidation sites excluding steroid dienone is 1. The van der Waals surface area contributed by atoms with E-state index in [1.54, 1.807) is 6.08 Å². The number of ketones is 2. The van der Waals surface area contributed by atoms with Gasteiger partial charge in [0.25, 0.3) is 0 Å². The van der Waals surface area contributed by atoms with Gasteiger partial charge >= 0.3 is 0 Å². The minimum Gasteiger partial charge on any atom is -0.490 e. The van der Waals surface area contributed by atoms with Crippen LogP contribution in [0.15, 0.2) is 17.7 Å². The lowest BCUT2D eigenvalue weighted by atomic mass is 9.99. The van der Waals surface area contributed by atoms with E-state index < -0.39 is 0 Å². The van der Waals surface area contributed by atoms with Crippen molar-refractivity contribution in [2.24, 2.45) is 0 Å². The molecule has 0 aliphatic carbocycles. The summed E-state index contributed by atoms with van der Waals surface area (Å²) in [5, 5.41) is 0. The number of carbonyl (C=O) groups excluding carboxylic acids is 2. The third kappa shape index (κ3) is 8.60. The predicted molar refractivity (Wildman–Crippen MR) is 122 cm³/mol. The molecule has 5 heteroatoms. The minimum absolute atomic E-state index is 0.116. The van der Waals surface area contributed by atoms with Gasteiger partial charge in [-0.25, -0.2) is 0 Å². The van der Waals surface area contributed by atoms with E-state index in [-0.39, 0.29) is 17.1 Å². The van der Waals surface area contributed by atoms with Crippen molar-refractivity contribution in [2.45, 2.75) is 79.6 Å². The molecule has 30 heavy (non-hydrogen) atoms. The fourth-order valence-corrected chi connectivity index (χ4v) is 2.88. The Balaban J connectivity index is 3.37. The maximum atomic E-state index is 12.6. The molecule has 0 aromatic heterocycles. The second kappa shape index (κ2) is 14.6. The van der Waals surface area contributed by atoms with Crippen LogP contribution in [0.25, 0.3) is 6.08 Å². The van der Waals surface area contributed by atoms with Gasteiger partial charge in [0.15, 0.2) is 23.1 Å². The van der Waals surface area contributed by atoms with Crippen molar-refractivity contribution in [3.05, 3.63) is 23.3 Å². The summed E-state index contributed by atoms with van der Waals surface area (Å²) in [6.07, 6.45) is 7.40. The first kappa shape index (κ1) is 25.7. The van der Waals surface area contributed by atoms with Gasteiger partial charge in [0.1, 0.15) is 0 Å². The van der Waals surface area contributed by atoms with Gasteiger partial charge in [-0.05, 0) is 56.4 Å². The van der Waals surface area contributed by atoms with E-state index >= 15 is 0 Å². The van der Waals surface area contributed by atoms with Crippen LogP contribution in [0.1, 0.15) is 85.1 Å². The Labute approximate surface area is 181 Å². The van der Waals surface area contributed by atoms with Gasteiger partial charge in [0.05, 0.1) is 25.4 Å². The number of rotatable bonds is 16. The SMILES string of the molecule is CCCCCC(=O)C(=Cc1cc(OCCC)c(OCCC)c(OCCC)c1)C(C)=O. The summed E-state index contributed by atoms with van der Waals surface area (Å²) >= 11 is 0. The van der Waals surface area contributed by atoms with Crippen molar-refractivity contribution in [1.29, 1.82) is 0 Å². The van der Waals surface area contributed by atoms with Crippen molar-refractivity contribution in [3.63, 3.8) is 0 Å². The van der Waals surface area contributed by atoms with Crippen LogP contribution in [-0.4, -0.2) is 31.4 Å². The number of Topliss-reactive ketones (excluding diaryl/α,β-unsaturated/α-hetero) is 2. The number of unbranched alkanes of at least 4 members (excludes halogenated alkanes) is 2. The van der Waals surface area contributed by atoms with Gasteiger partial charge in [-0.2, -0.15) is 0 Å². The highest BCUT2D eigenvalue weighted by Gasteiger charge is 2.18. The van der Waals surface area contributed by atoms with Gasteiger partial charge < -0.3 is 14.2 Å². The third-order valence-electron chi connectivity index (χ3n) is 4.42. The molecule has 1 aromatic carbocycles. The molecule has 0 N–H and O–H groups in total. The Morgan fingerprint density at radius 2 is 1.33 bits per heavy atom. The summed E-state index contributed by atoms with van der Waals surface area (Å²) in [6, 6.07) is 3.64. The topological polar surface area (TPSA) is 61.8 Å². The lowest BCUT2D eigenvalue weighted by Crippen LogP contribution is -2.10. The summed E-state index contributed by atoms with van der Waals surface area (Å²) in [6.45, 7) is 11.3. The maximum Gasteiger partial charge on any atom is 0.203 e. The average Bonchev–Trinajstić information content (AvgIpc) is 2.73. The Kier molecular flexibility index (Phi) is 12.6. The molecule has 1 aromatic rings. The monoisotopic (exact) mass is 418 g/mol. The number of carbonyl (C=O) groups is 2. The summed E-state index contributed by atoms with van der Waals surface area (Å²) in [5.41, 5.74) is 0.918. The van der Waals surface area contributed by atoms with E-state index in [0.29, 0.717) is 49.1 Å². The Hall–Kier alpha value is -2.30. The molecule has 0 unspecified atom stereocenters. The van der Waals surface area contributed by atoms with Crippen LogP contribution in [0.4, 0.5) is 0 Å². The van der Waals surface area contributed by atoms with Gasteiger partial charge in [-0.15, -0.1) is 0 Å². The first-order valence-corrected chi connectivity index (χ1v) is 11.3. The zero-order chi connectivity index (χ0) is 22.4. The summed E-state index contributed by atoms with van der Waals surface area (Å²) in [4.78, 5) is 24.8. The van der Waals surface area contributed by atoms with Gasteiger partial charge in [0.2, 0.25) is 5.75 Å². The molecular weight excluding hydrogens is 380 g/mol. The van der Waals surface area contributed by atoms with Crippen LogP contribution < -0.4 is 14.2 Å². The van der Waals surface area contributed by atoms with Crippen molar-refractivity contribution in [2.75, 3.05) is 19.8 Å². The zero-order valence-corrected chi connectivity index (χ0v) is 19.3. The fraction of sp³-hybridized carbons (Fsp3) is 0.600. The standard InChI is InChI=1S/C25H38O5/c1-6-10-11-12-22(27)21(19(5)26)16-20-17-23(28-13-7-2)25(30-15-9-4)24(18-20)29-14-8-3/h16-18H,6-15H2,1-5H3. The maximum absolute atomic E-state index is 12.6. The van der Waals surface area contributed by atoms with Crippen LogP contribution in [0.2, 0.25) is 0 Å². The average molecular weight is 419 g/mol. The quantitative estimate of drug-likeness (QED) is 0.139. The molecule has 0 spiro atoms. The molecule has 0 aliphatic rings. The van der Waals surface area contributed by atoms with E-state index in [0.717, 1.165) is 38.5 Å². The molecular formula is C25H38O5. The first-order valence-electron chi connectivity index (χ1n) is 11.3. The van der Waals surface area contributed by atoms with Gasteiger partial charge in [-0.1, -0.05) is 40.5 Å². The first-order chi connectivity index (χ1) is 14.5. The van der Waals surface area contributed by atoms with Crippen LogP contribution >= 0.6 is 0 Å². The van der Waals surface area contributed by atoms with Crippen molar-refractivity contribution in [1.82, 2.24) is 0 Å². The number of benzene rings is 1. The summed E-state index contributed by atoms with van der Waals surface area (Å²) < 4.78 is 17.8. The van der Waals surface area contributed by atoms with Gasteiger partial charge in [0, 0.05) is 6.42 Å². The summed E-state index contributed by atoms with van der Waals surface area (Å²) in [5.74, 6) is 1.39. The smallest absolute Gasteiger partial charge is 0.203 e. The van der Waals surface area contributed by atoms with E-state index in [1.165, 1.54) is 6.92 Å². The Bertz CT molecular complexity index is 676. The molecule has 5 nitrogen and oxygen atoms in total. The number of ether oxygens (including phenoxy) is 3. The van der Waals surface area contributed by atoms with Crippen LogP contribution in [0.3, 0.4) is 0 Å².